The molecule has 0 aromatic heterocycles. The number of carbonyl (C=O) groups excluding carboxylic acids is 1. The average molecular weight is 270 g/mol. The van der Waals surface area contributed by atoms with Gasteiger partial charge in [0.15, 0.2) is 5.78 Å². The predicted octanol–water partition coefficient (Wildman–Crippen LogP) is 2.39. The Morgan fingerprint density at radius 2 is 2.33 bits per heavy atom. The molecule has 1 aromatic rings. The minimum Gasteiger partial charge on any atom is -0.398 e. The summed E-state index contributed by atoms with van der Waals surface area (Å²) in [6.45, 7) is 0.687. The van der Waals surface area contributed by atoms with Gasteiger partial charge in [-0.1, -0.05) is 0 Å². The van der Waals surface area contributed by atoms with E-state index in [0.29, 0.717) is 17.9 Å². The summed E-state index contributed by atoms with van der Waals surface area (Å²) in [6, 6.07) is 5.22. The summed E-state index contributed by atoms with van der Waals surface area (Å²) in [6.07, 6.45) is 1.52. The van der Waals surface area contributed by atoms with Gasteiger partial charge in [0, 0.05) is 22.3 Å². The van der Waals surface area contributed by atoms with E-state index in [1.165, 1.54) is 0 Å². The van der Waals surface area contributed by atoms with Gasteiger partial charge >= 0.3 is 0 Å². The molecule has 1 fully saturated rings. The topological polar surface area (TPSA) is 52.3 Å². The van der Waals surface area contributed by atoms with Gasteiger partial charge in [-0.2, -0.15) is 0 Å². The molecule has 1 unspecified atom stereocenters. The number of halogens is 1. The molecule has 1 heterocycles. The van der Waals surface area contributed by atoms with Crippen LogP contribution in [0.5, 0.6) is 0 Å². The van der Waals surface area contributed by atoms with Gasteiger partial charge < -0.3 is 10.5 Å². The largest absolute Gasteiger partial charge is 0.398 e. The molecule has 1 atom stereocenters. The number of benzene rings is 1. The first-order valence-corrected chi connectivity index (χ1v) is 5.68. The quantitative estimate of drug-likeness (QED) is 0.663. The van der Waals surface area contributed by atoms with Crippen LogP contribution < -0.4 is 5.73 Å². The maximum atomic E-state index is 11.9. The van der Waals surface area contributed by atoms with Crippen LogP contribution in [-0.2, 0) is 4.74 Å². The number of nitrogen functional groups attached to an aromatic ring is 1. The molecule has 80 valence electrons. The van der Waals surface area contributed by atoms with Gasteiger partial charge in [-0.15, -0.1) is 0 Å². The summed E-state index contributed by atoms with van der Waals surface area (Å²) in [5.74, 6) is 0.0493. The molecule has 1 saturated heterocycles. The Balaban J connectivity index is 2.21. The van der Waals surface area contributed by atoms with E-state index in [0.717, 1.165) is 17.3 Å². The van der Waals surface area contributed by atoms with Crippen molar-refractivity contribution in [1.82, 2.24) is 0 Å². The van der Waals surface area contributed by atoms with E-state index in [2.05, 4.69) is 15.9 Å². The molecule has 0 aliphatic carbocycles. The van der Waals surface area contributed by atoms with Crippen molar-refractivity contribution in [1.29, 1.82) is 0 Å². The molecule has 0 bridgehead atoms. The summed E-state index contributed by atoms with van der Waals surface area (Å²) in [5.41, 5.74) is 6.95. The molecule has 0 amide bonds. The summed E-state index contributed by atoms with van der Waals surface area (Å²) < 4.78 is 6.10. The Morgan fingerprint density at radius 3 is 2.93 bits per heavy atom. The van der Waals surface area contributed by atoms with E-state index in [1.54, 1.807) is 18.2 Å². The molecule has 0 saturated carbocycles. The molecule has 4 heteroatoms. The highest BCUT2D eigenvalue weighted by Gasteiger charge is 2.24. The fourth-order valence-electron chi connectivity index (χ4n) is 1.65. The summed E-state index contributed by atoms with van der Waals surface area (Å²) >= 11 is 3.30. The highest BCUT2D eigenvalue weighted by atomic mass is 79.9. The van der Waals surface area contributed by atoms with Crippen LogP contribution in [0.25, 0.3) is 0 Å². The van der Waals surface area contributed by atoms with Crippen LogP contribution in [0.2, 0.25) is 0 Å². The lowest BCUT2D eigenvalue weighted by molar-refractivity contribution is 0.0643. The van der Waals surface area contributed by atoms with Crippen molar-refractivity contribution >= 4 is 27.4 Å². The molecular formula is C11H12BrNO2. The van der Waals surface area contributed by atoms with Crippen LogP contribution in [-0.4, -0.2) is 18.5 Å². The number of carbonyl (C=O) groups is 1. The highest BCUT2D eigenvalue weighted by Crippen LogP contribution is 2.23. The van der Waals surface area contributed by atoms with Crippen LogP contribution in [0.3, 0.4) is 0 Å². The van der Waals surface area contributed by atoms with E-state index in [1.807, 2.05) is 0 Å². The first-order valence-electron chi connectivity index (χ1n) is 4.89. The summed E-state index contributed by atoms with van der Waals surface area (Å²) in [4.78, 5) is 11.9. The first-order chi connectivity index (χ1) is 7.18. The molecule has 0 spiro atoms. The van der Waals surface area contributed by atoms with Crippen LogP contribution >= 0.6 is 15.9 Å². The van der Waals surface area contributed by atoms with E-state index in [9.17, 15) is 4.79 Å². The van der Waals surface area contributed by atoms with Gasteiger partial charge in [-0.05, 0) is 47.0 Å². The Morgan fingerprint density at radius 1 is 1.53 bits per heavy atom. The molecular weight excluding hydrogens is 258 g/mol. The van der Waals surface area contributed by atoms with Crippen LogP contribution in [0.1, 0.15) is 23.2 Å². The Bertz CT molecular complexity index is 386. The van der Waals surface area contributed by atoms with E-state index >= 15 is 0 Å². The van der Waals surface area contributed by atoms with Crippen molar-refractivity contribution in [3.63, 3.8) is 0 Å². The third-order valence-electron chi connectivity index (χ3n) is 2.51. The summed E-state index contributed by atoms with van der Waals surface area (Å²) in [7, 11) is 0. The molecule has 1 aromatic carbocycles. The molecule has 2 N–H and O–H groups in total. The lowest BCUT2D eigenvalue weighted by Gasteiger charge is -2.08. The number of ether oxygens (including phenoxy) is 1. The van der Waals surface area contributed by atoms with Gasteiger partial charge in [0.1, 0.15) is 6.10 Å². The Labute approximate surface area is 96.7 Å². The van der Waals surface area contributed by atoms with Crippen molar-refractivity contribution in [2.45, 2.75) is 18.9 Å². The standard InChI is InChI=1S/C11H12BrNO2/c12-8-6-7(3-4-9(8)13)11(14)10-2-1-5-15-10/h3-4,6,10H,1-2,5,13H2. The van der Waals surface area contributed by atoms with Crippen molar-refractivity contribution in [2.24, 2.45) is 0 Å². The van der Waals surface area contributed by atoms with Gasteiger partial charge in [0.05, 0.1) is 0 Å². The zero-order valence-electron chi connectivity index (χ0n) is 8.20. The highest BCUT2D eigenvalue weighted by molar-refractivity contribution is 9.10. The van der Waals surface area contributed by atoms with Gasteiger partial charge in [-0.25, -0.2) is 0 Å². The SMILES string of the molecule is Nc1ccc(C(=O)C2CCCO2)cc1Br. The maximum absolute atomic E-state index is 11.9. The van der Waals surface area contributed by atoms with Gasteiger partial charge in [0.2, 0.25) is 0 Å². The minimum absolute atomic E-state index is 0.0493. The number of nitrogens with two attached hydrogens (primary N) is 1. The molecule has 15 heavy (non-hydrogen) atoms. The molecule has 1 aliphatic heterocycles. The molecule has 2 rings (SSSR count). The normalized spacial score (nSPS) is 20.5. The third kappa shape index (κ3) is 2.21. The Kier molecular flexibility index (Phi) is 3.07. The second kappa shape index (κ2) is 4.33. The number of anilines is 1. The number of ketones is 1. The smallest absolute Gasteiger partial charge is 0.191 e. The second-order valence-electron chi connectivity index (χ2n) is 3.60. The Hall–Kier alpha value is -0.870. The summed E-state index contributed by atoms with van der Waals surface area (Å²) in [5, 5.41) is 0. The zero-order valence-corrected chi connectivity index (χ0v) is 9.79. The fourth-order valence-corrected chi connectivity index (χ4v) is 2.03. The fraction of sp³-hybridized carbons (Fsp3) is 0.364. The second-order valence-corrected chi connectivity index (χ2v) is 4.46. The zero-order chi connectivity index (χ0) is 10.8. The monoisotopic (exact) mass is 269 g/mol. The number of Topliss-reactive ketones (excluding diaryl/α,β-unsaturated/α-hetero) is 1. The number of hydrogen-bond donors (Lipinski definition) is 1. The van der Waals surface area contributed by atoms with E-state index < -0.39 is 0 Å². The third-order valence-corrected chi connectivity index (χ3v) is 3.19. The minimum atomic E-state index is -0.263. The van der Waals surface area contributed by atoms with Crippen molar-refractivity contribution < 1.29 is 9.53 Å². The number of rotatable bonds is 2. The molecule has 0 radical (unpaired) electrons. The maximum Gasteiger partial charge on any atom is 0.191 e. The van der Waals surface area contributed by atoms with E-state index in [-0.39, 0.29) is 11.9 Å². The van der Waals surface area contributed by atoms with Crippen molar-refractivity contribution in [3.05, 3.63) is 28.2 Å². The van der Waals surface area contributed by atoms with Crippen molar-refractivity contribution in [2.75, 3.05) is 12.3 Å². The first kappa shape index (κ1) is 10.6. The van der Waals surface area contributed by atoms with Gasteiger partial charge in [-0.3, -0.25) is 4.79 Å². The molecule has 3 nitrogen and oxygen atoms in total. The van der Waals surface area contributed by atoms with Crippen molar-refractivity contribution in [3.8, 4) is 0 Å². The van der Waals surface area contributed by atoms with Crippen LogP contribution in [0, 0.1) is 0 Å². The van der Waals surface area contributed by atoms with Crippen LogP contribution in [0.4, 0.5) is 5.69 Å². The molecule has 1 aliphatic rings. The lowest BCUT2D eigenvalue weighted by atomic mass is 10.0. The predicted molar refractivity (Wildman–Crippen MR) is 61.9 cm³/mol. The lowest BCUT2D eigenvalue weighted by Crippen LogP contribution is -2.19. The number of hydrogen-bond acceptors (Lipinski definition) is 3. The van der Waals surface area contributed by atoms with Crippen LogP contribution in [0.15, 0.2) is 22.7 Å². The van der Waals surface area contributed by atoms with E-state index in [4.69, 9.17) is 10.5 Å². The van der Waals surface area contributed by atoms with Gasteiger partial charge in [0.25, 0.3) is 0 Å². The average Bonchev–Trinajstić information content (AvgIpc) is 2.74.